The van der Waals surface area contributed by atoms with Gasteiger partial charge in [0.05, 0.1) is 10.6 Å². The maximum absolute atomic E-state index is 12.0. The molecule has 0 saturated carbocycles. The average molecular weight is 320 g/mol. The maximum Gasteiger partial charge on any atom is 0.178 e. The van der Waals surface area contributed by atoms with E-state index < -0.39 is 9.84 Å². The number of sulfone groups is 1. The molecule has 0 heterocycles. The van der Waals surface area contributed by atoms with Crippen molar-refractivity contribution in [1.82, 2.24) is 0 Å². The van der Waals surface area contributed by atoms with E-state index in [1.807, 2.05) is 6.92 Å². The second-order valence-corrected chi connectivity index (χ2v) is 7.11. The first-order valence-electron chi connectivity index (χ1n) is 5.69. The van der Waals surface area contributed by atoms with E-state index in [4.69, 9.17) is 5.73 Å². The lowest BCUT2D eigenvalue weighted by atomic mass is 10.1. The molecule has 0 aromatic heterocycles. The fourth-order valence-electron chi connectivity index (χ4n) is 1.50. The quantitative estimate of drug-likeness (QED) is 0.877. The summed E-state index contributed by atoms with van der Waals surface area (Å²) in [6.45, 7) is 2.01. The zero-order valence-corrected chi connectivity index (χ0v) is 12.3. The Hall–Kier alpha value is -0.390. The first-order valence-corrected chi connectivity index (χ1v) is 8.14. The summed E-state index contributed by atoms with van der Waals surface area (Å²) < 4.78 is 24.8. The molecule has 96 valence electrons. The molecular formula is C12H18BrNO2S. The number of rotatable bonds is 6. The third kappa shape index (κ3) is 4.77. The first-order chi connectivity index (χ1) is 7.95. The molecule has 17 heavy (non-hydrogen) atoms. The van der Waals surface area contributed by atoms with E-state index in [9.17, 15) is 8.42 Å². The highest BCUT2D eigenvalue weighted by Crippen LogP contribution is 2.17. The van der Waals surface area contributed by atoms with E-state index in [0.717, 1.165) is 17.3 Å². The normalized spacial score (nSPS) is 13.6. The molecule has 0 saturated heterocycles. The van der Waals surface area contributed by atoms with Gasteiger partial charge in [0.15, 0.2) is 9.84 Å². The lowest BCUT2D eigenvalue weighted by molar-refractivity contribution is 0.567. The molecule has 0 aliphatic heterocycles. The minimum absolute atomic E-state index is 0.107. The molecule has 5 heteroatoms. The Morgan fingerprint density at radius 1 is 1.29 bits per heavy atom. The van der Waals surface area contributed by atoms with Crippen molar-refractivity contribution in [3.8, 4) is 0 Å². The van der Waals surface area contributed by atoms with Gasteiger partial charge in [0.25, 0.3) is 0 Å². The zero-order valence-electron chi connectivity index (χ0n) is 9.90. The second-order valence-electron chi connectivity index (χ2n) is 4.08. The van der Waals surface area contributed by atoms with Crippen molar-refractivity contribution in [2.24, 2.45) is 5.73 Å². The SMILES string of the molecule is CCC(N)CCCS(=O)(=O)c1ccc(Br)cc1. The van der Waals surface area contributed by atoms with Crippen LogP contribution in [-0.2, 0) is 9.84 Å². The average Bonchev–Trinajstić information content (AvgIpc) is 2.29. The topological polar surface area (TPSA) is 60.2 Å². The third-order valence-corrected chi connectivity index (χ3v) is 5.03. The van der Waals surface area contributed by atoms with Crippen molar-refractivity contribution in [2.75, 3.05) is 5.75 Å². The van der Waals surface area contributed by atoms with Gasteiger partial charge in [-0.3, -0.25) is 0 Å². The Kier molecular flexibility index (Phi) is 5.62. The molecule has 1 aromatic rings. The van der Waals surface area contributed by atoms with Crippen LogP contribution in [0, 0.1) is 0 Å². The molecule has 1 aromatic carbocycles. The third-order valence-electron chi connectivity index (χ3n) is 2.69. The van der Waals surface area contributed by atoms with Gasteiger partial charge in [-0.25, -0.2) is 8.42 Å². The molecule has 0 fully saturated rings. The van der Waals surface area contributed by atoms with E-state index in [1.54, 1.807) is 24.3 Å². The number of hydrogen-bond donors (Lipinski definition) is 1. The van der Waals surface area contributed by atoms with Crippen LogP contribution in [0.4, 0.5) is 0 Å². The molecule has 0 aliphatic carbocycles. The molecule has 0 spiro atoms. The van der Waals surface area contributed by atoms with Crippen LogP contribution < -0.4 is 5.73 Å². The van der Waals surface area contributed by atoms with Crippen LogP contribution in [0.3, 0.4) is 0 Å². The van der Waals surface area contributed by atoms with Crippen molar-refractivity contribution < 1.29 is 8.42 Å². The van der Waals surface area contributed by atoms with Gasteiger partial charge in [0.1, 0.15) is 0 Å². The Labute approximate surface area is 111 Å². The highest BCUT2D eigenvalue weighted by molar-refractivity contribution is 9.10. The fourth-order valence-corrected chi connectivity index (χ4v) is 3.10. The minimum atomic E-state index is -3.16. The fraction of sp³-hybridized carbons (Fsp3) is 0.500. The summed E-state index contributed by atoms with van der Waals surface area (Å²) in [5.41, 5.74) is 5.76. The summed E-state index contributed by atoms with van der Waals surface area (Å²) >= 11 is 3.28. The summed E-state index contributed by atoms with van der Waals surface area (Å²) in [5.74, 6) is 0.169. The number of halogens is 1. The molecule has 2 N–H and O–H groups in total. The molecule has 1 atom stereocenters. The summed E-state index contributed by atoms with van der Waals surface area (Å²) in [7, 11) is -3.16. The van der Waals surface area contributed by atoms with Crippen LogP contribution >= 0.6 is 15.9 Å². The monoisotopic (exact) mass is 319 g/mol. The van der Waals surface area contributed by atoms with E-state index in [1.165, 1.54) is 0 Å². The predicted molar refractivity (Wildman–Crippen MR) is 73.7 cm³/mol. The van der Waals surface area contributed by atoms with Gasteiger partial charge in [0.2, 0.25) is 0 Å². The smallest absolute Gasteiger partial charge is 0.178 e. The van der Waals surface area contributed by atoms with E-state index in [0.29, 0.717) is 11.3 Å². The largest absolute Gasteiger partial charge is 0.328 e. The van der Waals surface area contributed by atoms with Crippen molar-refractivity contribution in [1.29, 1.82) is 0 Å². The predicted octanol–water partition coefficient (Wildman–Crippen LogP) is 2.74. The van der Waals surface area contributed by atoms with E-state index >= 15 is 0 Å². The van der Waals surface area contributed by atoms with Crippen molar-refractivity contribution in [3.05, 3.63) is 28.7 Å². The van der Waals surface area contributed by atoms with E-state index in [2.05, 4.69) is 15.9 Å². The molecule has 3 nitrogen and oxygen atoms in total. The highest BCUT2D eigenvalue weighted by atomic mass is 79.9. The van der Waals surface area contributed by atoms with E-state index in [-0.39, 0.29) is 11.8 Å². The van der Waals surface area contributed by atoms with Gasteiger partial charge < -0.3 is 5.73 Å². The van der Waals surface area contributed by atoms with Crippen LogP contribution in [0.25, 0.3) is 0 Å². The van der Waals surface area contributed by atoms with Gasteiger partial charge >= 0.3 is 0 Å². The van der Waals surface area contributed by atoms with Gasteiger partial charge in [-0.1, -0.05) is 22.9 Å². The van der Waals surface area contributed by atoms with Gasteiger partial charge in [-0.15, -0.1) is 0 Å². The second kappa shape index (κ2) is 6.52. The molecular weight excluding hydrogens is 302 g/mol. The molecule has 1 unspecified atom stereocenters. The first kappa shape index (κ1) is 14.7. The van der Waals surface area contributed by atoms with Crippen molar-refractivity contribution in [2.45, 2.75) is 37.1 Å². The summed E-state index contributed by atoms with van der Waals surface area (Å²) in [5, 5.41) is 0. The van der Waals surface area contributed by atoms with Crippen LogP contribution in [0.5, 0.6) is 0 Å². The molecule has 1 rings (SSSR count). The van der Waals surface area contributed by atoms with Crippen LogP contribution in [-0.4, -0.2) is 20.2 Å². The molecule has 0 aliphatic rings. The lowest BCUT2D eigenvalue weighted by Gasteiger charge is -2.08. The van der Waals surface area contributed by atoms with Crippen molar-refractivity contribution >= 4 is 25.8 Å². The highest BCUT2D eigenvalue weighted by Gasteiger charge is 2.14. The van der Waals surface area contributed by atoms with Gasteiger partial charge in [-0.2, -0.15) is 0 Å². The summed E-state index contributed by atoms with van der Waals surface area (Å²) in [6, 6.07) is 6.84. The Bertz CT molecular complexity index is 442. The van der Waals surface area contributed by atoms with Crippen LogP contribution in [0.1, 0.15) is 26.2 Å². The number of hydrogen-bond acceptors (Lipinski definition) is 3. The van der Waals surface area contributed by atoms with Crippen molar-refractivity contribution in [3.63, 3.8) is 0 Å². The molecule has 0 amide bonds. The zero-order chi connectivity index (χ0) is 12.9. The van der Waals surface area contributed by atoms with Crippen LogP contribution in [0.2, 0.25) is 0 Å². The lowest BCUT2D eigenvalue weighted by Crippen LogP contribution is -2.19. The number of nitrogens with two attached hydrogens (primary N) is 1. The Morgan fingerprint density at radius 2 is 1.88 bits per heavy atom. The standard InChI is InChI=1S/C12H18BrNO2S/c1-2-11(14)4-3-9-17(15,16)12-7-5-10(13)6-8-12/h5-8,11H,2-4,9,14H2,1H3. The van der Waals surface area contributed by atoms with Gasteiger partial charge in [-0.05, 0) is 43.5 Å². The maximum atomic E-state index is 12.0. The minimum Gasteiger partial charge on any atom is -0.328 e. The molecule has 0 bridgehead atoms. The van der Waals surface area contributed by atoms with Gasteiger partial charge in [0, 0.05) is 10.5 Å². The Balaban J connectivity index is 2.60. The summed E-state index contributed by atoms with van der Waals surface area (Å²) in [6.07, 6.45) is 2.26. The Morgan fingerprint density at radius 3 is 2.41 bits per heavy atom. The summed E-state index contributed by atoms with van der Waals surface area (Å²) in [4.78, 5) is 0.380. The molecule has 0 radical (unpaired) electrons. The number of benzene rings is 1. The van der Waals surface area contributed by atoms with Crippen LogP contribution in [0.15, 0.2) is 33.6 Å².